The summed E-state index contributed by atoms with van der Waals surface area (Å²) in [5, 5.41) is 8.53. The fraction of sp³-hybridized carbons (Fsp3) is 0.550. The molecule has 3 heterocycles. The summed E-state index contributed by atoms with van der Waals surface area (Å²) in [6, 6.07) is 10.8. The van der Waals surface area contributed by atoms with Gasteiger partial charge in [-0.1, -0.05) is 30.3 Å². The predicted molar refractivity (Wildman–Crippen MR) is 101 cm³/mol. The molecule has 2 saturated heterocycles. The summed E-state index contributed by atoms with van der Waals surface area (Å²) in [7, 11) is 0. The Morgan fingerprint density at radius 1 is 0.880 bits per heavy atom. The Morgan fingerprint density at radius 2 is 1.64 bits per heavy atom. The fourth-order valence-corrected chi connectivity index (χ4v) is 3.98. The highest BCUT2D eigenvalue weighted by atomic mass is 15.3. The van der Waals surface area contributed by atoms with Crippen LogP contribution in [0.15, 0.2) is 36.5 Å². The quantitative estimate of drug-likeness (QED) is 0.856. The van der Waals surface area contributed by atoms with Gasteiger partial charge in [-0.15, -0.1) is 5.10 Å². The van der Waals surface area contributed by atoms with E-state index in [4.69, 9.17) is 4.98 Å². The van der Waals surface area contributed by atoms with Crippen molar-refractivity contribution in [3.8, 4) is 0 Å². The van der Waals surface area contributed by atoms with E-state index in [1.807, 2.05) is 6.20 Å². The van der Waals surface area contributed by atoms with Gasteiger partial charge < -0.3 is 9.80 Å². The van der Waals surface area contributed by atoms with Gasteiger partial charge in [-0.05, 0) is 50.0 Å². The molecule has 132 valence electrons. The van der Waals surface area contributed by atoms with E-state index < -0.39 is 0 Å². The minimum atomic E-state index is 0.761. The number of hydrogen-bond donors (Lipinski definition) is 0. The molecule has 1 aromatic carbocycles. The Balaban J connectivity index is 1.36. The predicted octanol–water partition coefficient (Wildman–Crippen LogP) is 3.32. The lowest BCUT2D eigenvalue weighted by atomic mass is 9.90. The summed E-state index contributed by atoms with van der Waals surface area (Å²) in [6.45, 7) is 4.25. The molecule has 2 aliphatic rings. The lowest BCUT2D eigenvalue weighted by Crippen LogP contribution is -2.36. The molecule has 0 spiro atoms. The highest BCUT2D eigenvalue weighted by molar-refractivity contribution is 5.42. The van der Waals surface area contributed by atoms with Crippen LogP contribution in [0.1, 0.15) is 37.7 Å². The van der Waals surface area contributed by atoms with Gasteiger partial charge in [0.05, 0.1) is 6.20 Å². The molecule has 0 bridgehead atoms. The van der Waals surface area contributed by atoms with Gasteiger partial charge in [0.15, 0.2) is 5.82 Å². The van der Waals surface area contributed by atoms with Gasteiger partial charge in [0.25, 0.3) is 0 Å². The molecular weight excluding hydrogens is 310 g/mol. The fourth-order valence-electron chi connectivity index (χ4n) is 3.98. The van der Waals surface area contributed by atoms with Crippen LogP contribution in [-0.4, -0.2) is 41.4 Å². The molecule has 1 aromatic heterocycles. The van der Waals surface area contributed by atoms with Crippen molar-refractivity contribution in [3.63, 3.8) is 0 Å². The molecule has 0 aliphatic carbocycles. The second-order valence-corrected chi connectivity index (χ2v) is 7.28. The molecule has 2 fully saturated rings. The van der Waals surface area contributed by atoms with Crippen molar-refractivity contribution < 1.29 is 0 Å². The van der Waals surface area contributed by atoms with Crippen molar-refractivity contribution in [1.82, 2.24) is 15.2 Å². The number of rotatable bonds is 4. The van der Waals surface area contributed by atoms with E-state index in [1.54, 1.807) is 0 Å². The van der Waals surface area contributed by atoms with Gasteiger partial charge in [0, 0.05) is 26.2 Å². The maximum absolute atomic E-state index is 4.81. The van der Waals surface area contributed by atoms with Crippen LogP contribution in [0, 0.1) is 5.92 Å². The molecule has 5 nitrogen and oxygen atoms in total. The number of nitrogens with zero attached hydrogens (tertiary/aromatic N) is 5. The average molecular weight is 337 g/mol. The first kappa shape index (κ1) is 16.3. The zero-order valence-electron chi connectivity index (χ0n) is 14.8. The van der Waals surface area contributed by atoms with E-state index in [9.17, 15) is 0 Å². The normalized spacial score (nSPS) is 19.2. The molecular formula is C20H27N5. The van der Waals surface area contributed by atoms with Crippen LogP contribution >= 0.6 is 0 Å². The Hall–Kier alpha value is -2.17. The van der Waals surface area contributed by atoms with Gasteiger partial charge >= 0.3 is 0 Å². The van der Waals surface area contributed by atoms with Gasteiger partial charge in [-0.3, -0.25) is 0 Å². The Bertz CT molecular complexity index is 661. The lowest BCUT2D eigenvalue weighted by Gasteiger charge is -2.33. The summed E-state index contributed by atoms with van der Waals surface area (Å²) < 4.78 is 0. The third-order valence-electron chi connectivity index (χ3n) is 5.48. The van der Waals surface area contributed by atoms with Crippen molar-refractivity contribution in [2.45, 2.75) is 38.5 Å². The number of anilines is 2. The number of aromatic nitrogens is 3. The van der Waals surface area contributed by atoms with Gasteiger partial charge in [-0.25, -0.2) is 0 Å². The minimum Gasteiger partial charge on any atom is -0.355 e. The van der Waals surface area contributed by atoms with Crippen LogP contribution in [0.3, 0.4) is 0 Å². The second-order valence-electron chi connectivity index (χ2n) is 7.28. The first-order valence-corrected chi connectivity index (χ1v) is 9.62. The molecule has 5 heteroatoms. The highest BCUT2D eigenvalue weighted by Crippen LogP contribution is 2.25. The third-order valence-corrected chi connectivity index (χ3v) is 5.48. The number of benzene rings is 1. The molecule has 0 amide bonds. The molecule has 0 N–H and O–H groups in total. The van der Waals surface area contributed by atoms with Crippen LogP contribution in [0.2, 0.25) is 0 Å². The number of hydrogen-bond acceptors (Lipinski definition) is 5. The standard InChI is InChI=1S/C20H27N5/c1-3-7-17(8-4-1)15-18-9-13-25(14-10-18)20-22-19(16-21-23-20)24-11-5-2-6-12-24/h1,3-4,7-8,16,18H,2,5-6,9-15H2. The van der Waals surface area contributed by atoms with Crippen molar-refractivity contribution in [2.24, 2.45) is 5.92 Å². The minimum absolute atomic E-state index is 0.761. The SMILES string of the molecule is c1ccc(CC2CCN(c3nncc(N4CCCCC4)n3)CC2)cc1. The van der Waals surface area contributed by atoms with Gasteiger partial charge in [0.1, 0.15) is 0 Å². The van der Waals surface area contributed by atoms with E-state index in [0.29, 0.717) is 0 Å². The van der Waals surface area contributed by atoms with Crippen LogP contribution < -0.4 is 9.80 Å². The smallest absolute Gasteiger partial charge is 0.247 e. The molecule has 0 radical (unpaired) electrons. The maximum atomic E-state index is 4.81. The summed E-state index contributed by atoms with van der Waals surface area (Å²) in [5.74, 6) is 2.56. The Labute approximate surface area is 150 Å². The highest BCUT2D eigenvalue weighted by Gasteiger charge is 2.22. The van der Waals surface area contributed by atoms with E-state index in [1.165, 1.54) is 44.1 Å². The molecule has 0 saturated carbocycles. The molecule has 2 aromatic rings. The maximum Gasteiger partial charge on any atom is 0.247 e. The van der Waals surface area contributed by atoms with Crippen LogP contribution in [0.5, 0.6) is 0 Å². The van der Waals surface area contributed by atoms with Crippen LogP contribution in [0.25, 0.3) is 0 Å². The summed E-state index contributed by atoms with van der Waals surface area (Å²) in [6.07, 6.45) is 9.24. The van der Waals surface area contributed by atoms with Crippen molar-refractivity contribution in [1.29, 1.82) is 0 Å². The zero-order chi connectivity index (χ0) is 16.9. The largest absolute Gasteiger partial charge is 0.355 e. The van der Waals surface area contributed by atoms with E-state index in [-0.39, 0.29) is 0 Å². The van der Waals surface area contributed by atoms with Gasteiger partial charge in [0.2, 0.25) is 5.95 Å². The topological polar surface area (TPSA) is 45.2 Å². The van der Waals surface area contributed by atoms with Crippen molar-refractivity contribution >= 4 is 11.8 Å². The summed E-state index contributed by atoms with van der Waals surface area (Å²) in [4.78, 5) is 9.47. The molecule has 0 unspecified atom stereocenters. The molecule has 4 rings (SSSR count). The van der Waals surface area contributed by atoms with Crippen LogP contribution in [-0.2, 0) is 6.42 Å². The first-order chi connectivity index (χ1) is 12.4. The van der Waals surface area contributed by atoms with Crippen molar-refractivity contribution in [2.75, 3.05) is 36.0 Å². The average Bonchev–Trinajstić information content (AvgIpc) is 2.70. The molecule has 2 aliphatic heterocycles. The second kappa shape index (κ2) is 7.81. The third kappa shape index (κ3) is 4.09. The molecule has 25 heavy (non-hydrogen) atoms. The monoisotopic (exact) mass is 337 g/mol. The summed E-state index contributed by atoms with van der Waals surface area (Å²) >= 11 is 0. The number of piperidine rings is 2. The zero-order valence-corrected chi connectivity index (χ0v) is 14.8. The molecule has 0 atom stereocenters. The Morgan fingerprint density at radius 3 is 2.40 bits per heavy atom. The van der Waals surface area contributed by atoms with Gasteiger partial charge in [-0.2, -0.15) is 10.1 Å². The van der Waals surface area contributed by atoms with Crippen LogP contribution in [0.4, 0.5) is 11.8 Å². The lowest BCUT2D eigenvalue weighted by molar-refractivity contribution is 0.400. The Kier molecular flexibility index (Phi) is 5.09. The van der Waals surface area contributed by atoms with E-state index >= 15 is 0 Å². The van der Waals surface area contributed by atoms with E-state index in [2.05, 4.69) is 50.3 Å². The van der Waals surface area contributed by atoms with E-state index in [0.717, 1.165) is 43.9 Å². The summed E-state index contributed by atoms with van der Waals surface area (Å²) in [5.41, 5.74) is 1.45. The van der Waals surface area contributed by atoms with Crippen molar-refractivity contribution in [3.05, 3.63) is 42.1 Å². The first-order valence-electron chi connectivity index (χ1n) is 9.62.